The maximum Gasteiger partial charge on any atom is 0.264 e. The van der Waals surface area contributed by atoms with E-state index >= 15 is 0 Å². The minimum absolute atomic E-state index is 0.191. The molecule has 1 heterocycles. The number of carbonyl (C=O) groups is 1. The van der Waals surface area contributed by atoms with Crippen LogP contribution in [0.25, 0.3) is 10.9 Å². The normalized spacial score (nSPS) is 12.9. The molecule has 1 atom stereocenters. The van der Waals surface area contributed by atoms with Gasteiger partial charge < -0.3 is 10.3 Å². The zero-order chi connectivity index (χ0) is 21.2. The van der Waals surface area contributed by atoms with Gasteiger partial charge in [-0.05, 0) is 67.8 Å². The molecular weight excluding hydrogens is 386 g/mol. The summed E-state index contributed by atoms with van der Waals surface area (Å²) in [4.78, 5) is 14.6. The van der Waals surface area contributed by atoms with Crippen molar-refractivity contribution in [3.63, 3.8) is 0 Å². The van der Waals surface area contributed by atoms with Crippen LogP contribution in [0.2, 0.25) is 0 Å². The van der Waals surface area contributed by atoms with Crippen LogP contribution >= 0.6 is 0 Å². The topological polar surface area (TPSA) is 82.3 Å². The number of nitrogens with one attached hydrogen (secondary N) is 2. The highest BCUT2D eigenvalue weighted by atomic mass is 32.2. The lowest BCUT2D eigenvalue weighted by molar-refractivity contribution is -0.114. The van der Waals surface area contributed by atoms with Crippen molar-refractivity contribution in [2.45, 2.75) is 45.1 Å². The largest absolute Gasteiger partial charge is 0.361 e. The van der Waals surface area contributed by atoms with Crippen LogP contribution in [-0.4, -0.2) is 25.4 Å². The molecule has 0 bridgehead atoms. The number of aromatic amines is 1. The summed E-state index contributed by atoms with van der Waals surface area (Å²) in [6.07, 6.45) is 2.57. The molecule has 2 aromatic carbocycles. The fourth-order valence-electron chi connectivity index (χ4n) is 3.61. The van der Waals surface area contributed by atoms with Crippen LogP contribution in [0.15, 0.2) is 59.6 Å². The van der Waals surface area contributed by atoms with Gasteiger partial charge in [-0.1, -0.05) is 13.8 Å². The van der Waals surface area contributed by atoms with E-state index in [2.05, 4.69) is 24.1 Å². The van der Waals surface area contributed by atoms with Gasteiger partial charge >= 0.3 is 0 Å². The van der Waals surface area contributed by atoms with E-state index in [-0.39, 0.29) is 16.8 Å². The average Bonchev–Trinajstić information content (AvgIpc) is 3.08. The fraction of sp³-hybridized carbons (Fsp3) is 0.318. The van der Waals surface area contributed by atoms with E-state index in [0.29, 0.717) is 17.3 Å². The van der Waals surface area contributed by atoms with Gasteiger partial charge in [-0.15, -0.1) is 0 Å². The molecule has 154 valence electrons. The van der Waals surface area contributed by atoms with E-state index in [1.54, 1.807) is 12.1 Å². The number of aromatic nitrogens is 1. The van der Waals surface area contributed by atoms with Crippen molar-refractivity contribution in [2.24, 2.45) is 5.92 Å². The number of rotatable bonds is 7. The number of benzene rings is 2. The van der Waals surface area contributed by atoms with Crippen molar-refractivity contribution in [1.82, 2.24) is 4.98 Å². The molecule has 3 rings (SSSR count). The SMILES string of the molecule is CC(=O)Nc1ccc(S(=O)(=O)N(c2ccc3[nH]ccc3c2)[C@@H](C)CC(C)C)cc1. The highest BCUT2D eigenvalue weighted by Crippen LogP contribution is 2.31. The molecule has 2 N–H and O–H groups in total. The summed E-state index contributed by atoms with van der Waals surface area (Å²) in [7, 11) is -3.79. The number of nitrogens with zero attached hydrogens (tertiary/aromatic N) is 1. The second kappa shape index (κ2) is 8.29. The van der Waals surface area contributed by atoms with Gasteiger partial charge in [0.1, 0.15) is 0 Å². The van der Waals surface area contributed by atoms with Crippen molar-refractivity contribution in [3.05, 3.63) is 54.7 Å². The summed E-state index contributed by atoms with van der Waals surface area (Å²) in [5.74, 6) is 0.147. The Hall–Kier alpha value is -2.80. The summed E-state index contributed by atoms with van der Waals surface area (Å²) < 4.78 is 28.7. The second-order valence-electron chi connectivity index (χ2n) is 7.73. The lowest BCUT2D eigenvalue weighted by Gasteiger charge is -2.31. The monoisotopic (exact) mass is 413 g/mol. The number of hydrogen-bond donors (Lipinski definition) is 2. The number of sulfonamides is 1. The molecule has 29 heavy (non-hydrogen) atoms. The standard InChI is InChI=1S/C22H27N3O3S/c1-15(2)13-16(3)25(20-7-10-22-18(14-20)11-12-23-22)29(27,28)21-8-5-19(6-9-21)24-17(4)26/h5-12,14-16,23H,13H2,1-4H3,(H,24,26)/t16-/m0/s1. The molecule has 1 aromatic heterocycles. The van der Waals surface area contributed by atoms with E-state index in [1.165, 1.54) is 23.4 Å². The van der Waals surface area contributed by atoms with Crippen LogP contribution < -0.4 is 9.62 Å². The molecule has 0 spiro atoms. The number of anilines is 2. The Morgan fingerprint density at radius 1 is 1.07 bits per heavy atom. The van der Waals surface area contributed by atoms with Crippen molar-refractivity contribution in [2.75, 3.05) is 9.62 Å². The molecule has 0 radical (unpaired) electrons. The first-order valence-electron chi connectivity index (χ1n) is 9.67. The van der Waals surface area contributed by atoms with Crippen LogP contribution in [0.1, 0.15) is 34.1 Å². The van der Waals surface area contributed by atoms with Gasteiger partial charge in [0.05, 0.1) is 10.6 Å². The van der Waals surface area contributed by atoms with Crippen molar-refractivity contribution < 1.29 is 13.2 Å². The van der Waals surface area contributed by atoms with Gasteiger partial charge in [-0.2, -0.15) is 0 Å². The van der Waals surface area contributed by atoms with E-state index < -0.39 is 10.0 Å². The number of H-pyrrole nitrogens is 1. The van der Waals surface area contributed by atoms with E-state index in [0.717, 1.165) is 17.3 Å². The summed E-state index contributed by atoms with van der Waals surface area (Å²) in [5.41, 5.74) is 2.16. The highest BCUT2D eigenvalue weighted by molar-refractivity contribution is 7.92. The Bertz CT molecular complexity index is 1100. The highest BCUT2D eigenvalue weighted by Gasteiger charge is 2.30. The first-order valence-corrected chi connectivity index (χ1v) is 11.1. The lowest BCUT2D eigenvalue weighted by Crippen LogP contribution is -2.39. The van der Waals surface area contributed by atoms with E-state index in [1.807, 2.05) is 37.4 Å². The van der Waals surface area contributed by atoms with Crippen molar-refractivity contribution in [1.29, 1.82) is 0 Å². The smallest absolute Gasteiger partial charge is 0.264 e. The molecular formula is C22H27N3O3S. The zero-order valence-corrected chi connectivity index (χ0v) is 18.0. The molecule has 1 amide bonds. The molecule has 0 aliphatic carbocycles. The molecule has 0 unspecified atom stereocenters. The minimum Gasteiger partial charge on any atom is -0.361 e. The quantitative estimate of drug-likeness (QED) is 0.586. The van der Waals surface area contributed by atoms with Crippen LogP contribution in [0.3, 0.4) is 0 Å². The van der Waals surface area contributed by atoms with Crippen LogP contribution in [-0.2, 0) is 14.8 Å². The Kier molecular flexibility index (Phi) is 5.98. The third-order valence-corrected chi connectivity index (χ3v) is 6.69. The Labute approximate surface area is 172 Å². The van der Waals surface area contributed by atoms with Crippen LogP contribution in [0, 0.1) is 5.92 Å². The van der Waals surface area contributed by atoms with Crippen LogP contribution in [0.5, 0.6) is 0 Å². The number of fused-ring (bicyclic) bond motifs is 1. The predicted molar refractivity (Wildman–Crippen MR) is 118 cm³/mol. The Morgan fingerprint density at radius 2 is 1.76 bits per heavy atom. The van der Waals surface area contributed by atoms with Gasteiger partial charge in [0.2, 0.25) is 5.91 Å². The summed E-state index contributed by atoms with van der Waals surface area (Å²) in [5, 5.41) is 3.62. The summed E-state index contributed by atoms with van der Waals surface area (Å²) in [6.45, 7) is 7.51. The maximum absolute atomic E-state index is 13.6. The fourth-order valence-corrected chi connectivity index (χ4v) is 5.27. The molecule has 3 aromatic rings. The molecule has 7 heteroatoms. The molecule has 0 saturated carbocycles. The molecule has 0 aliphatic rings. The Morgan fingerprint density at radius 3 is 2.38 bits per heavy atom. The molecule has 0 fully saturated rings. The minimum atomic E-state index is -3.79. The molecule has 0 aliphatic heterocycles. The first kappa shape index (κ1) is 20.9. The van der Waals surface area contributed by atoms with Gasteiger partial charge in [0.25, 0.3) is 10.0 Å². The van der Waals surface area contributed by atoms with Crippen LogP contribution in [0.4, 0.5) is 11.4 Å². The van der Waals surface area contributed by atoms with Gasteiger partial charge in [-0.25, -0.2) is 8.42 Å². The van der Waals surface area contributed by atoms with Gasteiger partial charge in [0.15, 0.2) is 0 Å². The zero-order valence-electron chi connectivity index (χ0n) is 17.1. The maximum atomic E-state index is 13.6. The summed E-state index contributed by atoms with van der Waals surface area (Å²) in [6, 6.07) is 13.6. The molecule has 6 nitrogen and oxygen atoms in total. The number of carbonyl (C=O) groups excluding carboxylic acids is 1. The van der Waals surface area contributed by atoms with Crippen molar-refractivity contribution in [3.8, 4) is 0 Å². The van der Waals surface area contributed by atoms with E-state index in [4.69, 9.17) is 0 Å². The third kappa shape index (κ3) is 4.62. The number of amides is 1. The number of hydrogen-bond acceptors (Lipinski definition) is 3. The van der Waals surface area contributed by atoms with E-state index in [9.17, 15) is 13.2 Å². The van der Waals surface area contributed by atoms with Gasteiger partial charge in [-0.3, -0.25) is 9.10 Å². The first-order chi connectivity index (χ1) is 13.7. The molecule has 0 saturated heterocycles. The third-order valence-electron chi connectivity index (χ3n) is 4.74. The second-order valence-corrected chi connectivity index (χ2v) is 9.55. The predicted octanol–water partition coefficient (Wildman–Crippen LogP) is 4.76. The van der Waals surface area contributed by atoms with Gasteiger partial charge in [0, 0.05) is 35.8 Å². The van der Waals surface area contributed by atoms with Crippen molar-refractivity contribution >= 4 is 38.2 Å². The lowest BCUT2D eigenvalue weighted by atomic mass is 10.0. The summed E-state index contributed by atoms with van der Waals surface area (Å²) >= 11 is 0. The average molecular weight is 414 g/mol. The Balaban J connectivity index is 2.05.